The van der Waals surface area contributed by atoms with Crippen LogP contribution in [0.3, 0.4) is 0 Å². The van der Waals surface area contributed by atoms with E-state index in [2.05, 4.69) is 4.90 Å². The Balaban J connectivity index is 1.72. The van der Waals surface area contributed by atoms with Crippen molar-refractivity contribution >= 4 is 5.97 Å². The minimum Gasteiger partial charge on any atom is -0.459 e. The highest BCUT2D eigenvalue weighted by molar-refractivity contribution is 5.77. The molecule has 0 aliphatic carbocycles. The van der Waals surface area contributed by atoms with Crippen molar-refractivity contribution in [3.05, 3.63) is 71.8 Å². The van der Waals surface area contributed by atoms with Crippen LogP contribution >= 0.6 is 0 Å². The zero-order valence-corrected chi connectivity index (χ0v) is 13.7. The molecule has 24 heavy (non-hydrogen) atoms. The number of rotatable bonds is 5. The van der Waals surface area contributed by atoms with Gasteiger partial charge in [-0.15, -0.1) is 0 Å². The van der Waals surface area contributed by atoms with Gasteiger partial charge >= 0.3 is 5.97 Å². The van der Waals surface area contributed by atoms with Gasteiger partial charge in [-0.25, -0.2) is 4.79 Å². The first-order chi connectivity index (χ1) is 11.7. The van der Waals surface area contributed by atoms with Crippen molar-refractivity contribution in [3.8, 4) is 0 Å². The molecule has 3 rings (SSSR count). The number of aliphatic hydroxyl groups excluding tert-OH is 1. The summed E-state index contributed by atoms with van der Waals surface area (Å²) in [6.07, 6.45) is 1.11. The zero-order chi connectivity index (χ0) is 16.8. The molecule has 1 heterocycles. The second-order valence-corrected chi connectivity index (χ2v) is 6.17. The zero-order valence-electron chi connectivity index (χ0n) is 13.7. The van der Waals surface area contributed by atoms with Crippen molar-refractivity contribution in [2.24, 2.45) is 0 Å². The summed E-state index contributed by atoms with van der Waals surface area (Å²) in [4.78, 5) is 14.9. The average molecular weight is 325 g/mol. The van der Waals surface area contributed by atoms with Gasteiger partial charge in [-0.3, -0.25) is 4.90 Å². The second-order valence-electron chi connectivity index (χ2n) is 6.17. The molecular weight excluding hydrogens is 302 g/mol. The lowest BCUT2D eigenvalue weighted by Gasteiger charge is -2.35. The summed E-state index contributed by atoms with van der Waals surface area (Å²) in [5.41, 5.74) is 1.92. The van der Waals surface area contributed by atoms with Gasteiger partial charge in [0.2, 0.25) is 0 Å². The highest BCUT2D eigenvalue weighted by Gasteiger charge is 2.31. The summed E-state index contributed by atoms with van der Waals surface area (Å²) < 4.78 is 5.58. The molecule has 0 bridgehead atoms. The van der Waals surface area contributed by atoms with Crippen LogP contribution in [0.5, 0.6) is 0 Å². The van der Waals surface area contributed by atoms with E-state index in [0.717, 1.165) is 11.1 Å². The van der Waals surface area contributed by atoms with Gasteiger partial charge in [-0.05, 0) is 24.0 Å². The fourth-order valence-electron chi connectivity index (χ4n) is 3.08. The Kier molecular flexibility index (Phi) is 5.62. The third-order valence-electron chi connectivity index (χ3n) is 4.43. The molecule has 0 amide bonds. The summed E-state index contributed by atoms with van der Waals surface area (Å²) in [7, 11) is 0. The Bertz CT molecular complexity index is 636. The minimum absolute atomic E-state index is 0.235. The number of aliphatic hydroxyl groups is 1. The fraction of sp³-hybridized carbons (Fsp3) is 0.350. The molecule has 4 heteroatoms. The number of piperidine rings is 1. The van der Waals surface area contributed by atoms with Gasteiger partial charge in [0, 0.05) is 13.1 Å². The van der Waals surface area contributed by atoms with Crippen molar-refractivity contribution in [1.29, 1.82) is 0 Å². The molecule has 1 unspecified atom stereocenters. The van der Waals surface area contributed by atoms with Crippen LogP contribution in [0.1, 0.15) is 30.0 Å². The monoisotopic (exact) mass is 325 g/mol. The van der Waals surface area contributed by atoms with Gasteiger partial charge in [0.25, 0.3) is 0 Å². The summed E-state index contributed by atoms with van der Waals surface area (Å²) in [6.45, 7) is 1.67. The number of benzene rings is 2. The predicted octanol–water partition coefficient (Wildman–Crippen LogP) is 2.93. The van der Waals surface area contributed by atoms with Crippen molar-refractivity contribution in [1.82, 2.24) is 4.90 Å². The van der Waals surface area contributed by atoms with Crippen LogP contribution in [-0.2, 0) is 16.1 Å². The Morgan fingerprint density at radius 2 is 1.62 bits per heavy atom. The van der Waals surface area contributed by atoms with E-state index >= 15 is 0 Å². The molecule has 1 aliphatic heterocycles. The Labute approximate surface area is 142 Å². The maximum atomic E-state index is 12.8. The van der Waals surface area contributed by atoms with Crippen LogP contribution in [0, 0.1) is 0 Å². The highest BCUT2D eigenvalue weighted by atomic mass is 16.5. The van der Waals surface area contributed by atoms with Crippen LogP contribution in [0.4, 0.5) is 0 Å². The molecule has 1 saturated heterocycles. The quantitative estimate of drug-likeness (QED) is 0.859. The van der Waals surface area contributed by atoms with Crippen molar-refractivity contribution < 1.29 is 14.6 Å². The van der Waals surface area contributed by atoms with Gasteiger partial charge in [-0.2, -0.15) is 0 Å². The summed E-state index contributed by atoms with van der Waals surface area (Å²) in [6, 6.07) is 19.0. The highest BCUT2D eigenvalue weighted by Crippen LogP contribution is 2.26. The number of carbonyl (C=O) groups is 1. The number of carbonyl (C=O) groups excluding carboxylic acids is 1. The first kappa shape index (κ1) is 16.7. The molecular formula is C20H23NO3. The number of ether oxygens (including phenoxy) is 1. The van der Waals surface area contributed by atoms with Crippen molar-refractivity contribution in [2.45, 2.75) is 31.6 Å². The molecule has 0 spiro atoms. The van der Waals surface area contributed by atoms with Gasteiger partial charge in [0.1, 0.15) is 12.6 Å². The number of nitrogens with zero attached hydrogens (tertiary/aromatic N) is 1. The minimum atomic E-state index is -0.414. The third-order valence-corrected chi connectivity index (χ3v) is 4.43. The van der Waals surface area contributed by atoms with Gasteiger partial charge in [0.15, 0.2) is 0 Å². The SMILES string of the molecule is O=C(OCc1ccccc1)C(c1ccccc1)N1CCC(O)CC1. The van der Waals surface area contributed by atoms with E-state index in [9.17, 15) is 9.90 Å². The van der Waals surface area contributed by atoms with E-state index in [-0.39, 0.29) is 18.7 Å². The molecule has 0 aromatic heterocycles. The molecule has 4 nitrogen and oxygen atoms in total. The maximum absolute atomic E-state index is 12.8. The second kappa shape index (κ2) is 8.08. The van der Waals surface area contributed by atoms with Crippen molar-refractivity contribution in [3.63, 3.8) is 0 Å². The number of likely N-dealkylation sites (tertiary alicyclic amines) is 1. The summed E-state index contributed by atoms with van der Waals surface area (Å²) in [5, 5.41) is 9.73. The molecule has 0 saturated carbocycles. The lowest BCUT2D eigenvalue weighted by atomic mass is 10.0. The third kappa shape index (κ3) is 4.22. The van der Waals surface area contributed by atoms with Crippen LogP contribution in [-0.4, -0.2) is 35.2 Å². The summed E-state index contributed by atoms with van der Waals surface area (Å²) in [5.74, 6) is -0.235. The molecule has 1 N–H and O–H groups in total. The standard InChI is InChI=1S/C20H23NO3/c22-18-11-13-21(14-12-18)19(17-9-5-2-6-10-17)20(23)24-15-16-7-3-1-4-8-16/h1-10,18-19,22H,11-15H2. The van der Waals surface area contributed by atoms with E-state index in [1.54, 1.807) is 0 Å². The summed E-state index contributed by atoms with van der Waals surface area (Å²) >= 11 is 0. The fourth-order valence-corrected chi connectivity index (χ4v) is 3.08. The Morgan fingerprint density at radius 1 is 1.04 bits per heavy atom. The lowest BCUT2D eigenvalue weighted by Crippen LogP contribution is -2.42. The molecule has 1 atom stereocenters. The number of hydrogen-bond acceptors (Lipinski definition) is 4. The maximum Gasteiger partial charge on any atom is 0.328 e. The predicted molar refractivity (Wildman–Crippen MR) is 92.2 cm³/mol. The molecule has 126 valence electrons. The Morgan fingerprint density at radius 3 is 2.25 bits per heavy atom. The largest absolute Gasteiger partial charge is 0.459 e. The number of esters is 1. The van der Waals surface area contributed by atoms with E-state index in [1.807, 2.05) is 60.7 Å². The first-order valence-corrected chi connectivity index (χ1v) is 8.41. The van der Waals surface area contributed by atoms with Crippen LogP contribution < -0.4 is 0 Å². The van der Waals surface area contributed by atoms with Crippen LogP contribution in [0.15, 0.2) is 60.7 Å². The smallest absolute Gasteiger partial charge is 0.328 e. The average Bonchev–Trinajstić information content (AvgIpc) is 2.64. The van der Waals surface area contributed by atoms with E-state index in [1.165, 1.54) is 0 Å². The van der Waals surface area contributed by atoms with Gasteiger partial charge in [0.05, 0.1) is 6.10 Å². The van der Waals surface area contributed by atoms with Gasteiger partial charge < -0.3 is 9.84 Å². The Hall–Kier alpha value is -2.17. The molecule has 1 aliphatic rings. The molecule has 1 fully saturated rings. The first-order valence-electron chi connectivity index (χ1n) is 8.41. The number of hydrogen-bond donors (Lipinski definition) is 1. The van der Waals surface area contributed by atoms with E-state index in [0.29, 0.717) is 25.9 Å². The molecule has 2 aromatic rings. The van der Waals surface area contributed by atoms with Crippen LogP contribution in [0.25, 0.3) is 0 Å². The van der Waals surface area contributed by atoms with Gasteiger partial charge in [-0.1, -0.05) is 60.7 Å². The van der Waals surface area contributed by atoms with Crippen LogP contribution in [0.2, 0.25) is 0 Å². The van der Waals surface area contributed by atoms with Crippen molar-refractivity contribution in [2.75, 3.05) is 13.1 Å². The van der Waals surface area contributed by atoms with E-state index < -0.39 is 6.04 Å². The molecule has 2 aromatic carbocycles. The molecule has 0 radical (unpaired) electrons. The normalized spacial score (nSPS) is 17.4. The lowest BCUT2D eigenvalue weighted by molar-refractivity contribution is -0.152. The van der Waals surface area contributed by atoms with E-state index in [4.69, 9.17) is 4.74 Å². The topological polar surface area (TPSA) is 49.8 Å².